The van der Waals surface area contributed by atoms with Gasteiger partial charge in [0, 0.05) is 19.0 Å². The Bertz CT molecular complexity index is 1510. The van der Waals surface area contributed by atoms with Crippen LogP contribution in [-0.4, -0.2) is 45.7 Å². The van der Waals surface area contributed by atoms with E-state index in [9.17, 15) is 18.0 Å². The number of nitriles is 1. The Morgan fingerprint density at radius 1 is 1.38 bits per heavy atom. The maximum absolute atomic E-state index is 13.0. The van der Waals surface area contributed by atoms with E-state index in [4.69, 9.17) is 10.00 Å². The highest BCUT2D eigenvalue weighted by Crippen LogP contribution is 2.50. The van der Waals surface area contributed by atoms with E-state index in [2.05, 4.69) is 15.5 Å². The minimum atomic E-state index is -3.26. The third-order valence-electron chi connectivity index (χ3n) is 6.30. The summed E-state index contributed by atoms with van der Waals surface area (Å²) in [6.45, 7) is 0.139. The van der Waals surface area contributed by atoms with E-state index < -0.39 is 26.1 Å². The number of pyridine rings is 1. The number of hydrogen-bond acceptors (Lipinski definition) is 9. The fourth-order valence-corrected chi connectivity index (χ4v) is 7.02. The van der Waals surface area contributed by atoms with Gasteiger partial charge >= 0.3 is 0 Å². The molecule has 0 radical (unpaired) electrons. The maximum atomic E-state index is 13.0. The van der Waals surface area contributed by atoms with Crippen LogP contribution in [0.1, 0.15) is 46.5 Å². The fourth-order valence-electron chi connectivity index (χ4n) is 3.96. The van der Waals surface area contributed by atoms with Gasteiger partial charge in [-0.2, -0.15) is 10.4 Å². The lowest BCUT2D eigenvalue weighted by Gasteiger charge is -2.17. The SMILES string of the molecule is Cn1c(=O)c(C(=O)NCc2csc(C#N)c2)cc2cnnc(OCC3(S(=O)(=O)C4CC4)CC3)c21. The van der Waals surface area contributed by atoms with Crippen molar-refractivity contribution < 1.29 is 17.9 Å². The van der Waals surface area contributed by atoms with Crippen molar-refractivity contribution in [3.8, 4) is 11.9 Å². The minimum absolute atomic E-state index is 0.0403. The van der Waals surface area contributed by atoms with Gasteiger partial charge in [0.05, 0.1) is 11.4 Å². The molecule has 1 N–H and O–H groups in total. The molecular weight excluding hydrogens is 478 g/mol. The van der Waals surface area contributed by atoms with E-state index in [1.165, 1.54) is 35.2 Å². The summed E-state index contributed by atoms with van der Waals surface area (Å²) in [4.78, 5) is 26.2. The van der Waals surface area contributed by atoms with E-state index >= 15 is 0 Å². The van der Waals surface area contributed by atoms with E-state index in [0.29, 0.717) is 41.5 Å². The van der Waals surface area contributed by atoms with Crippen molar-refractivity contribution in [1.29, 1.82) is 5.26 Å². The van der Waals surface area contributed by atoms with Crippen molar-refractivity contribution in [3.05, 3.63) is 50.1 Å². The molecule has 5 rings (SSSR count). The third-order valence-corrected chi connectivity index (χ3v) is 10.3. The molecule has 0 unspecified atom stereocenters. The molecule has 0 spiro atoms. The second-order valence-electron chi connectivity index (χ2n) is 8.71. The topological polar surface area (TPSA) is 144 Å². The Labute approximate surface area is 199 Å². The molecule has 3 aromatic rings. The first kappa shape index (κ1) is 22.5. The summed E-state index contributed by atoms with van der Waals surface area (Å²) in [5.74, 6) is -0.498. The molecule has 0 aliphatic heterocycles. The number of aromatic nitrogens is 3. The van der Waals surface area contributed by atoms with Gasteiger partial charge in [-0.05, 0) is 48.8 Å². The zero-order chi connectivity index (χ0) is 24.1. The number of rotatable bonds is 8. The van der Waals surface area contributed by atoms with Gasteiger partial charge in [0.15, 0.2) is 9.84 Å². The highest BCUT2D eigenvalue weighted by Gasteiger charge is 2.60. The Kier molecular flexibility index (Phi) is 5.41. The lowest BCUT2D eigenvalue weighted by molar-refractivity contribution is 0.0949. The Morgan fingerprint density at radius 2 is 2.15 bits per heavy atom. The van der Waals surface area contributed by atoms with E-state index in [-0.39, 0.29) is 29.8 Å². The summed E-state index contributed by atoms with van der Waals surface area (Å²) in [6.07, 6.45) is 3.91. The van der Waals surface area contributed by atoms with Gasteiger partial charge in [0.25, 0.3) is 17.3 Å². The summed E-state index contributed by atoms with van der Waals surface area (Å²) >= 11 is 1.28. The van der Waals surface area contributed by atoms with Gasteiger partial charge in [-0.3, -0.25) is 9.59 Å². The molecule has 1 amide bonds. The molecule has 3 aromatic heterocycles. The molecule has 34 heavy (non-hydrogen) atoms. The second-order valence-corrected chi connectivity index (χ2v) is 12.2. The summed E-state index contributed by atoms with van der Waals surface area (Å²) in [5.41, 5.74) is 0.495. The van der Waals surface area contributed by atoms with Crippen LogP contribution in [0.2, 0.25) is 0 Å². The number of fused-ring (bicyclic) bond motifs is 1. The molecule has 2 fully saturated rings. The zero-order valence-corrected chi connectivity index (χ0v) is 19.9. The molecule has 12 heteroatoms. The number of carbonyl (C=O) groups is 1. The average Bonchev–Trinajstić information content (AvgIpc) is 3.76. The second kappa shape index (κ2) is 8.18. The van der Waals surface area contributed by atoms with Crippen LogP contribution in [0.25, 0.3) is 10.9 Å². The predicted octanol–water partition coefficient (Wildman–Crippen LogP) is 1.68. The molecule has 2 saturated carbocycles. The number of aryl methyl sites for hydroxylation is 1. The van der Waals surface area contributed by atoms with Gasteiger partial charge in [-0.15, -0.1) is 16.4 Å². The normalized spacial score (nSPS) is 16.7. The third kappa shape index (κ3) is 3.84. The Hall–Kier alpha value is -3.30. The van der Waals surface area contributed by atoms with Gasteiger partial charge in [0.1, 0.15) is 33.4 Å². The molecule has 10 nitrogen and oxygen atoms in total. The van der Waals surface area contributed by atoms with E-state index in [0.717, 1.165) is 5.56 Å². The highest BCUT2D eigenvalue weighted by molar-refractivity contribution is 7.94. The van der Waals surface area contributed by atoms with Crippen LogP contribution in [0.5, 0.6) is 5.88 Å². The van der Waals surface area contributed by atoms with Crippen LogP contribution in [-0.2, 0) is 23.4 Å². The summed E-state index contributed by atoms with van der Waals surface area (Å²) < 4.78 is 31.7. The number of hydrogen-bond donors (Lipinski definition) is 1. The number of thiophene rings is 1. The first-order valence-corrected chi connectivity index (χ1v) is 13.2. The number of nitrogens with zero attached hydrogens (tertiary/aromatic N) is 4. The van der Waals surface area contributed by atoms with Crippen LogP contribution >= 0.6 is 11.3 Å². The standard InChI is InChI=1S/C22H21N5O5S2/c1-27-18-14(7-17(21(27)29)19(28)24-9-13-6-15(8-23)33-11-13)10-25-26-20(18)32-12-22(4-5-22)34(30,31)16-2-3-16/h6-7,10-11,16H,2-5,9,12H2,1H3,(H,24,28). The monoisotopic (exact) mass is 499 g/mol. The van der Waals surface area contributed by atoms with Crippen LogP contribution in [0.4, 0.5) is 0 Å². The van der Waals surface area contributed by atoms with E-state index in [1.807, 2.05) is 6.07 Å². The van der Waals surface area contributed by atoms with Crippen LogP contribution in [0.3, 0.4) is 0 Å². The smallest absolute Gasteiger partial charge is 0.263 e. The van der Waals surface area contributed by atoms with Crippen molar-refractivity contribution in [2.24, 2.45) is 7.05 Å². The van der Waals surface area contributed by atoms with E-state index in [1.54, 1.807) is 11.4 Å². The van der Waals surface area contributed by atoms with Crippen molar-refractivity contribution in [3.63, 3.8) is 0 Å². The van der Waals surface area contributed by atoms with Gasteiger partial charge in [0.2, 0.25) is 0 Å². The Balaban J connectivity index is 1.38. The first-order chi connectivity index (χ1) is 16.3. The van der Waals surface area contributed by atoms with Gasteiger partial charge < -0.3 is 14.6 Å². The predicted molar refractivity (Wildman–Crippen MR) is 124 cm³/mol. The molecule has 2 aliphatic rings. The number of ether oxygens (including phenoxy) is 1. The lowest BCUT2D eigenvalue weighted by atomic mass is 10.2. The van der Waals surface area contributed by atoms with Gasteiger partial charge in [-0.1, -0.05) is 0 Å². The molecular formula is C22H21N5O5S2. The Morgan fingerprint density at radius 3 is 2.79 bits per heavy atom. The maximum Gasteiger partial charge on any atom is 0.263 e. The van der Waals surface area contributed by atoms with Crippen LogP contribution in [0.15, 0.2) is 28.5 Å². The number of amides is 1. The van der Waals surface area contributed by atoms with Crippen molar-refractivity contribution in [2.45, 2.75) is 42.2 Å². The highest BCUT2D eigenvalue weighted by atomic mass is 32.2. The lowest BCUT2D eigenvalue weighted by Crippen LogP contribution is -2.34. The molecule has 0 aromatic carbocycles. The van der Waals surface area contributed by atoms with Crippen molar-refractivity contribution in [2.75, 3.05) is 6.61 Å². The fraction of sp³-hybridized carbons (Fsp3) is 0.409. The number of sulfone groups is 1. The van der Waals surface area contributed by atoms with Gasteiger partial charge in [-0.25, -0.2) is 8.42 Å². The molecule has 3 heterocycles. The quantitative estimate of drug-likeness (QED) is 0.493. The first-order valence-electron chi connectivity index (χ1n) is 10.7. The van der Waals surface area contributed by atoms with Crippen LogP contribution < -0.4 is 15.6 Å². The summed E-state index contributed by atoms with van der Waals surface area (Å²) in [6, 6.07) is 5.15. The molecule has 2 aliphatic carbocycles. The summed E-state index contributed by atoms with van der Waals surface area (Å²) in [5, 5.41) is 21.5. The largest absolute Gasteiger partial charge is 0.473 e. The molecule has 0 saturated heterocycles. The molecule has 0 bridgehead atoms. The van der Waals surface area contributed by atoms with Crippen LogP contribution in [0, 0.1) is 11.3 Å². The minimum Gasteiger partial charge on any atom is -0.473 e. The zero-order valence-electron chi connectivity index (χ0n) is 18.3. The molecule has 0 atom stereocenters. The molecule has 176 valence electrons. The average molecular weight is 500 g/mol. The number of nitrogens with one attached hydrogen (secondary N) is 1. The summed E-state index contributed by atoms with van der Waals surface area (Å²) in [7, 11) is -1.75. The van der Waals surface area contributed by atoms with Crippen molar-refractivity contribution >= 4 is 38.0 Å². The van der Waals surface area contributed by atoms with Crippen molar-refractivity contribution in [1.82, 2.24) is 20.1 Å². The number of carbonyl (C=O) groups excluding carboxylic acids is 1.